The summed E-state index contributed by atoms with van der Waals surface area (Å²) in [6, 6.07) is 17.5. The van der Waals surface area contributed by atoms with Gasteiger partial charge in [0, 0.05) is 6.21 Å². The first-order valence-corrected chi connectivity index (χ1v) is 10.5. The van der Waals surface area contributed by atoms with Gasteiger partial charge >= 0.3 is 10.1 Å². The molecule has 0 spiro atoms. The largest absolute Gasteiger partial charge is 0.493 e. The van der Waals surface area contributed by atoms with E-state index in [2.05, 4.69) is 11.1 Å². The van der Waals surface area contributed by atoms with Crippen molar-refractivity contribution in [2.45, 2.75) is 25.7 Å². The van der Waals surface area contributed by atoms with Gasteiger partial charge in [0.25, 0.3) is 0 Å². The highest BCUT2D eigenvalue weighted by molar-refractivity contribution is 7.87. The first kappa shape index (κ1) is 20.6. The summed E-state index contributed by atoms with van der Waals surface area (Å²) in [5.74, 6) is 0.432. The maximum Gasteiger partial charge on any atom is 0.339 e. The van der Waals surface area contributed by atoms with Crippen molar-refractivity contribution in [3.8, 4) is 11.5 Å². The Morgan fingerprint density at radius 2 is 1.52 bits per heavy atom. The molecule has 0 unspecified atom stereocenters. The van der Waals surface area contributed by atoms with Gasteiger partial charge in [-0.05, 0) is 68.3 Å². The molecule has 0 aliphatic carbocycles. The minimum Gasteiger partial charge on any atom is -0.493 e. The third-order valence-electron chi connectivity index (χ3n) is 4.40. The minimum atomic E-state index is -3.95. The van der Waals surface area contributed by atoms with E-state index in [1.807, 2.05) is 32.9 Å². The van der Waals surface area contributed by atoms with Gasteiger partial charge in [-0.2, -0.15) is 8.42 Å². The number of rotatable bonds is 6. The predicted octanol–water partition coefficient (Wildman–Crippen LogP) is 5.14. The normalized spacial score (nSPS) is 11.6. The number of methoxy groups -OCH3 is 1. The third-order valence-corrected chi connectivity index (χ3v) is 5.65. The molecular formula is C23H23NO4S. The van der Waals surface area contributed by atoms with Crippen LogP contribution in [0, 0.1) is 20.8 Å². The molecule has 0 aliphatic heterocycles. The van der Waals surface area contributed by atoms with Gasteiger partial charge in [-0.3, -0.25) is 4.99 Å². The lowest BCUT2D eigenvalue weighted by atomic mass is 10.1. The van der Waals surface area contributed by atoms with Gasteiger partial charge in [0.05, 0.1) is 12.8 Å². The Bertz CT molecular complexity index is 1150. The SMILES string of the molecule is COc1cc(C=Nc2ccc(C)cc2C)ccc1OS(=O)(=O)c1ccc(C)cc1. The molecule has 150 valence electrons. The minimum absolute atomic E-state index is 0.0886. The number of aryl methyl sites for hydroxylation is 3. The fourth-order valence-electron chi connectivity index (χ4n) is 2.80. The molecule has 0 aromatic heterocycles. The van der Waals surface area contributed by atoms with Crippen LogP contribution >= 0.6 is 0 Å². The molecule has 0 heterocycles. The van der Waals surface area contributed by atoms with E-state index in [1.54, 1.807) is 36.5 Å². The number of aliphatic imine (C=N–C) groups is 1. The lowest BCUT2D eigenvalue weighted by Crippen LogP contribution is -2.10. The van der Waals surface area contributed by atoms with E-state index in [-0.39, 0.29) is 10.6 Å². The molecule has 3 aromatic carbocycles. The van der Waals surface area contributed by atoms with E-state index in [0.717, 1.165) is 22.4 Å². The second kappa shape index (κ2) is 8.49. The van der Waals surface area contributed by atoms with E-state index < -0.39 is 10.1 Å². The molecule has 0 bridgehead atoms. The van der Waals surface area contributed by atoms with Crippen molar-refractivity contribution < 1.29 is 17.3 Å². The van der Waals surface area contributed by atoms with Crippen molar-refractivity contribution >= 4 is 22.0 Å². The van der Waals surface area contributed by atoms with Gasteiger partial charge in [0.15, 0.2) is 11.5 Å². The monoisotopic (exact) mass is 409 g/mol. The van der Waals surface area contributed by atoms with Gasteiger partial charge in [0.2, 0.25) is 0 Å². The second-order valence-corrected chi connectivity index (χ2v) is 8.36. The summed E-state index contributed by atoms with van der Waals surface area (Å²) in [4.78, 5) is 4.60. The molecule has 5 nitrogen and oxygen atoms in total. The van der Waals surface area contributed by atoms with Crippen LogP contribution in [0.1, 0.15) is 22.3 Å². The van der Waals surface area contributed by atoms with Crippen LogP contribution in [0.15, 0.2) is 70.6 Å². The molecule has 3 rings (SSSR count). The number of hydrogen-bond donors (Lipinski definition) is 0. The van der Waals surface area contributed by atoms with Crippen LogP contribution < -0.4 is 8.92 Å². The highest BCUT2D eigenvalue weighted by atomic mass is 32.2. The zero-order chi connectivity index (χ0) is 21.0. The van der Waals surface area contributed by atoms with Crippen molar-refractivity contribution in [3.63, 3.8) is 0 Å². The van der Waals surface area contributed by atoms with Crippen molar-refractivity contribution in [1.29, 1.82) is 0 Å². The van der Waals surface area contributed by atoms with Crippen LogP contribution in [-0.4, -0.2) is 21.7 Å². The smallest absolute Gasteiger partial charge is 0.339 e. The van der Waals surface area contributed by atoms with E-state index in [0.29, 0.717) is 5.75 Å². The lowest BCUT2D eigenvalue weighted by Gasteiger charge is -2.11. The first-order chi connectivity index (χ1) is 13.8. The Morgan fingerprint density at radius 1 is 0.828 bits per heavy atom. The summed E-state index contributed by atoms with van der Waals surface area (Å²) in [6.45, 7) is 5.93. The summed E-state index contributed by atoms with van der Waals surface area (Å²) < 4.78 is 35.7. The van der Waals surface area contributed by atoms with E-state index >= 15 is 0 Å². The Balaban J connectivity index is 1.85. The number of nitrogens with zero attached hydrogens (tertiary/aromatic N) is 1. The average Bonchev–Trinajstić information content (AvgIpc) is 2.68. The van der Waals surface area contributed by atoms with Crippen molar-refractivity contribution in [2.24, 2.45) is 4.99 Å². The molecule has 0 aliphatic rings. The van der Waals surface area contributed by atoms with Gasteiger partial charge in [-0.15, -0.1) is 0 Å². The van der Waals surface area contributed by atoms with Crippen molar-refractivity contribution in [1.82, 2.24) is 0 Å². The van der Waals surface area contributed by atoms with E-state index in [1.165, 1.54) is 24.8 Å². The van der Waals surface area contributed by atoms with E-state index in [9.17, 15) is 8.42 Å². The Kier molecular flexibility index (Phi) is 6.03. The maximum absolute atomic E-state index is 12.5. The summed E-state index contributed by atoms with van der Waals surface area (Å²) in [5, 5.41) is 0. The molecule has 0 amide bonds. The average molecular weight is 410 g/mol. The van der Waals surface area contributed by atoms with Crippen LogP contribution in [0.3, 0.4) is 0 Å². The van der Waals surface area contributed by atoms with E-state index in [4.69, 9.17) is 8.92 Å². The third kappa shape index (κ3) is 5.03. The Labute approximate surface area is 171 Å². The molecule has 0 fully saturated rings. The van der Waals surface area contributed by atoms with Crippen molar-refractivity contribution in [2.75, 3.05) is 7.11 Å². The standard InChI is InChI=1S/C23H23NO4S/c1-16-5-9-20(10-6-16)29(25,26)28-22-12-8-19(14-23(22)27-4)15-24-21-11-7-17(2)13-18(21)3/h5-15H,1-4H3. The first-order valence-electron chi connectivity index (χ1n) is 9.09. The number of hydrogen-bond acceptors (Lipinski definition) is 5. The Morgan fingerprint density at radius 3 is 2.17 bits per heavy atom. The molecule has 3 aromatic rings. The molecular weight excluding hydrogens is 386 g/mol. The highest BCUT2D eigenvalue weighted by Gasteiger charge is 2.19. The fourth-order valence-corrected chi connectivity index (χ4v) is 3.74. The van der Waals surface area contributed by atoms with Gasteiger partial charge in [-0.25, -0.2) is 0 Å². The van der Waals surface area contributed by atoms with Crippen LogP contribution in [0.4, 0.5) is 5.69 Å². The molecule has 0 radical (unpaired) electrons. The summed E-state index contributed by atoms with van der Waals surface area (Å²) in [6.07, 6.45) is 1.71. The molecule has 0 N–H and O–H groups in total. The second-order valence-electron chi connectivity index (χ2n) is 6.81. The molecule has 0 saturated carbocycles. The van der Waals surface area contributed by atoms with Gasteiger partial charge < -0.3 is 8.92 Å². The van der Waals surface area contributed by atoms with Gasteiger partial charge in [-0.1, -0.05) is 35.4 Å². The molecule has 0 atom stereocenters. The summed E-state index contributed by atoms with van der Waals surface area (Å²) in [7, 11) is -2.49. The predicted molar refractivity (Wildman–Crippen MR) is 115 cm³/mol. The fraction of sp³-hybridized carbons (Fsp3) is 0.174. The van der Waals surface area contributed by atoms with Crippen LogP contribution in [-0.2, 0) is 10.1 Å². The van der Waals surface area contributed by atoms with Crippen LogP contribution in [0.25, 0.3) is 0 Å². The zero-order valence-corrected chi connectivity index (χ0v) is 17.7. The number of ether oxygens (including phenoxy) is 1. The lowest BCUT2D eigenvalue weighted by molar-refractivity contribution is 0.390. The number of benzene rings is 3. The zero-order valence-electron chi connectivity index (χ0n) is 16.8. The summed E-state index contributed by atoms with van der Waals surface area (Å²) >= 11 is 0. The maximum atomic E-state index is 12.5. The Hall–Kier alpha value is -3.12. The summed E-state index contributed by atoms with van der Waals surface area (Å²) in [5.41, 5.74) is 4.87. The van der Waals surface area contributed by atoms with Gasteiger partial charge in [0.1, 0.15) is 4.90 Å². The highest BCUT2D eigenvalue weighted by Crippen LogP contribution is 2.31. The quantitative estimate of drug-likeness (QED) is 0.418. The molecule has 6 heteroatoms. The van der Waals surface area contributed by atoms with Crippen LogP contribution in [0.5, 0.6) is 11.5 Å². The van der Waals surface area contributed by atoms with Crippen molar-refractivity contribution in [3.05, 3.63) is 82.9 Å². The van der Waals surface area contributed by atoms with Crippen LogP contribution in [0.2, 0.25) is 0 Å². The topological polar surface area (TPSA) is 65.0 Å². The molecule has 0 saturated heterocycles. The molecule has 29 heavy (non-hydrogen) atoms.